The van der Waals surface area contributed by atoms with Gasteiger partial charge in [-0.25, -0.2) is 0 Å². The van der Waals surface area contributed by atoms with Gasteiger partial charge in [0.1, 0.15) is 17.1 Å². The number of amides is 1. The summed E-state index contributed by atoms with van der Waals surface area (Å²) in [5.41, 5.74) is 3.51. The minimum Gasteiger partial charge on any atom is -0.497 e. The van der Waals surface area contributed by atoms with E-state index < -0.39 is 0 Å². The average molecular weight is 385 g/mol. The van der Waals surface area contributed by atoms with Crippen LogP contribution in [0.1, 0.15) is 27.7 Å². The zero-order valence-electron chi connectivity index (χ0n) is 15.7. The maximum Gasteiger partial charge on any atom is 0.270 e. The Kier molecular flexibility index (Phi) is 5.29. The third-order valence-corrected chi connectivity index (χ3v) is 4.51. The van der Waals surface area contributed by atoms with Crippen molar-refractivity contribution in [3.8, 4) is 17.1 Å². The van der Waals surface area contributed by atoms with Crippen LogP contribution in [-0.2, 0) is 0 Å². The molecule has 1 atom stereocenters. The largest absolute Gasteiger partial charge is 0.497 e. The highest BCUT2D eigenvalue weighted by Crippen LogP contribution is 2.24. The molecule has 0 spiro atoms. The van der Waals surface area contributed by atoms with E-state index in [-0.39, 0.29) is 11.9 Å². The molecule has 29 heavy (non-hydrogen) atoms. The average Bonchev–Trinajstić information content (AvgIpc) is 3.29. The van der Waals surface area contributed by atoms with E-state index in [0.29, 0.717) is 17.1 Å². The topological polar surface area (TPSA) is 92.8 Å². The van der Waals surface area contributed by atoms with Gasteiger partial charge in [0.25, 0.3) is 5.91 Å². The van der Waals surface area contributed by atoms with Crippen molar-refractivity contribution in [2.75, 3.05) is 7.11 Å². The molecule has 0 radical (unpaired) electrons. The van der Waals surface area contributed by atoms with Crippen LogP contribution in [-0.4, -0.2) is 33.2 Å². The van der Waals surface area contributed by atoms with Crippen LogP contribution in [0.2, 0.25) is 0 Å². The lowest BCUT2D eigenvalue weighted by Gasteiger charge is -2.19. The molecule has 3 heterocycles. The molecule has 1 aromatic carbocycles. The van der Waals surface area contributed by atoms with Crippen LogP contribution < -0.4 is 10.1 Å². The molecule has 4 rings (SSSR count). The molecule has 0 saturated carbocycles. The van der Waals surface area contributed by atoms with Crippen molar-refractivity contribution >= 4 is 5.91 Å². The Balaban J connectivity index is 1.60. The predicted molar refractivity (Wildman–Crippen MR) is 108 cm³/mol. The molecule has 2 N–H and O–H groups in total. The molecular formula is C22H19N5O2. The van der Waals surface area contributed by atoms with E-state index in [9.17, 15) is 4.79 Å². The van der Waals surface area contributed by atoms with Crippen molar-refractivity contribution in [2.24, 2.45) is 0 Å². The number of rotatable bonds is 6. The highest BCUT2D eigenvalue weighted by atomic mass is 16.5. The number of ether oxygens (including phenoxy) is 1. The number of H-pyrrole nitrogens is 1. The second-order valence-electron chi connectivity index (χ2n) is 6.34. The summed E-state index contributed by atoms with van der Waals surface area (Å²) in [6, 6.07) is 18.2. The predicted octanol–water partition coefficient (Wildman–Crippen LogP) is 3.39. The van der Waals surface area contributed by atoms with Gasteiger partial charge in [-0.15, -0.1) is 0 Å². The Morgan fingerprint density at radius 2 is 1.72 bits per heavy atom. The molecule has 7 nitrogen and oxygen atoms in total. The smallest absolute Gasteiger partial charge is 0.270 e. The molecule has 7 heteroatoms. The SMILES string of the molecule is COc1ccc([C@H](NC(=O)c2cc(-c3ccccn3)n[nH]2)c2ccncc2)cc1. The zero-order chi connectivity index (χ0) is 20.1. The Bertz CT molecular complexity index is 1080. The van der Waals surface area contributed by atoms with E-state index in [1.54, 1.807) is 31.8 Å². The molecule has 3 aromatic heterocycles. The number of nitrogens with one attached hydrogen (secondary N) is 2. The summed E-state index contributed by atoms with van der Waals surface area (Å²) in [6.07, 6.45) is 5.09. The number of methoxy groups -OCH3 is 1. The molecule has 0 saturated heterocycles. The van der Waals surface area contributed by atoms with E-state index in [0.717, 1.165) is 16.9 Å². The van der Waals surface area contributed by atoms with Gasteiger partial charge in [0.05, 0.1) is 18.8 Å². The first kappa shape index (κ1) is 18.4. The molecule has 144 valence electrons. The van der Waals surface area contributed by atoms with E-state index in [1.165, 1.54) is 0 Å². The lowest BCUT2D eigenvalue weighted by Crippen LogP contribution is -2.29. The quantitative estimate of drug-likeness (QED) is 0.531. The Hall–Kier alpha value is -4.00. The Morgan fingerprint density at radius 1 is 0.966 bits per heavy atom. The summed E-state index contributed by atoms with van der Waals surface area (Å²) in [5.74, 6) is 0.486. The molecule has 0 unspecified atom stereocenters. The van der Waals surface area contributed by atoms with Crippen molar-refractivity contribution in [1.82, 2.24) is 25.5 Å². The molecule has 0 aliphatic heterocycles. The molecule has 4 aromatic rings. The number of carbonyl (C=O) groups is 1. The summed E-state index contributed by atoms with van der Waals surface area (Å²) in [4.78, 5) is 21.3. The van der Waals surface area contributed by atoms with E-state index in [1.807, 2.05) is 54.6 Å². The second kappa shape index (κ2) is 8.35. The maximum atomic E-state index is 12.9. The fraction of sp³-hybridized carbons (Fsp3) is 0.0909. The number of nitrogens with zero attached hydrogens (tertiary/aromatic N) is 3. The van der Waals surface area contributed by atoms with Gasteiger partial charge in [-0.05, 0) is 53.6 Å². The third-order valence-electron chi connectivity index (χ3n) is 4.51. The number of carbonyl (C=O) groups excluding carboxylic acids is 1. The molecule has 0 aliphatic rings. The van der Waals surface area contributed by atoms with Gasteiger partial charge in [0, 0.05) is 18.6 Å². The van der Waals surface area contributed by atoms with E-state index in [2.05, 4.69) is 25.5 Å². The number of hydrogen-bond donors (Lipinski definition) is 2. The van der Waals surface area contributed by atoms with Crippen LogP contribution in [0.5, 0.6) is 5.75 Å². The summed E-state index contributed by atoms with van der Waals surface area (Å²) in [5, 5.41) is 10.1. The third kappa shape index (κ3) is 4.14. The van der Waals surface area contributed by atoms with Crippen molar-refractivity contribution in [3.05, 3.63) is 96.1 Å². The lowest BCUT2D eigenvalue weighted by molar-refractivity contribution is 0.0938. The van der Waals surface area contributed by atoms with Crippen LogP contribution in [0.25, 0.3) is 11.4 Å². The molecule has 0 aliphatic carbocycles. The van der Waals surface area contributed by atoms with Gasteiger partial charge in [-0.1, -0.05) is 18.2 Å². The van der Waals surface area contributed by atoms with Gasteiger partial charge in [-0.3, -0.25) is 19.9 Å². The molecule has 0 fully saturated rings. The number of benzene rings is 1. The summed E-state index contributed by atoms with van der Waals surface area (Å²) < 4.78 is 5.23. The fourth-order valence-corrected chi connectivity index (χ4v) is 3.00. The first-order valence-corrected chi connectivity index (χ1v) is 9.06. The van der Waals surface area contributed by atoms with Gasteiger partial charge < -0.3 is 10.1 Å². The first-order chi connectivity index (χ1) is 14.2. The molecule has 1 amide bonds. The van der Waals surface area contributed by atoms with Gasteiger partial charge in [0.15, 0.2) is 0 Å². The zero-order valence-corrected chi connectivity index (χ0v) is 15.7. The normalized spacial score (nSPS) is 11.6. The van der Waals surface area contributed by atoms with E-state index in [4.69, 9.17) is 4.74 Å². The van der Waals surface area contributed by atoms with Crippen LogP contribution in [0.15, 0.2) is 79.3 Å². The van der Waals surface area contributed by atoms with Gasteiger partial charge in [-0.2, -0.15) is 5.10 Å². The standard InChI is InChI=1S/C22H19N5O2/c1-29-17-7-5-15(6-8-17)21(16-9-12-23-13-10-16)25-22(28)20-14-19(26-27-20)18-4-2-3-11-24-18/h2-14,21H,1H3,(H,25,28)(H,26,27)/t21-/m0/s1. The number of hydrogen-bond acceptors (Lipinski definition) is 5. The Labute approximate surface area is 167 Å². The van der Waals surface area contributed by atoms with Crippen molar-refractivity contribution < 1.29 is 9.53 Å². The minimum absolute atomic E-state index is 0.266. The first-order valence-electron chi connectivity index (χ1n) is 9.06. The highest BCUT2D eigenvalue weighted by molar-refractivity contribution is 5.93. The van der Waals surface area contributed by atoms with Crippen LogP contribution >= 0.6 is 0 Å². The number of aromatic nitrogens is 4. The van der Waals surface area contributed by atoms with Crippen molar-refractivity contribution in [2.45, 2.75) is 6.04 Å². The van der Waals surface area contributed by atoms with Crippen LogP contribution in [0, 0.1) is 0 Å². The fourth-order valence-electron chi connectivity index (χ4n) is 3.00. The number of aromatic amines is 1. The van der Waals surface area contributed by atoms with Crippen LogP contribution in [0.3, 0.4) is 0 Å². The van der Waals surface area contributed by atoms with Crippen molar-refractivity contribution in [1.29, 1.82) is 0 Å². The summed E-state index contributed by atoms with van der Waals surface area (Å²) in [6.45, 7) is 0. The summed E-state index contributed by atoms with van der Waals surface area (Å²) in [7, 11) is 1.62. The highest BCUT2D eigenvalue weighted by Gasteiger charge is 2.20. The van der Waals surface area contributed by atoms with Crippen LogP contribution in [0.4, 0.5) is 0 Å². The monoisotopic (exact) mass is 385 g/mol. The van der Waals surface area contributed by atoms with Gasteiger partial charge >= 0.3 is 0 Å². The lowest BCUT2D eigenvalue weighted by atomic mass is 9.99. The number of pyridine rings is 2. The van der Waals surface area contributed by atoms with Gasteiger partial charge in [0.2, 0.25) is 0 Å². The molecular weight excluding hydrogens is 366 g/mol. The Morgan fingerprint density at radius 3 is 2.41 bits per heavy atom. The van der Waals surface area contributed by atoms with Crippen molar-refractivity contribution in [3.63, 3.8) is 0 Å². The second-order valence-corrected chi connectivity index (χ2v) is 6.34. The summed E-state index contributed by atoms with van der Waals surface area (Å²) >= 11 is 0. The maximum absolute atomic E-state index is 12.9. The van der Waals surface area contributed by atoms with E-state index >= 15 is 0 Å². The minimum atomic E-state index is -0.349. The molecule has 0 bridgehead atoms.